The van der Waals surface area contributed by atoms with Crippen molar-refractivity contribution >= 4 is 0 Å². The zero-order valence-corrected chi connectivity index (χ0v) is 8.40. The maximum atomic E-state index is 9.46. The Morgan fingerprint density at radius 3 is 2.79 bits per heavy atom. The first-order valence-corrected chi connectivity index (χ1v) is 4.49. The van der Waals surface area contributed by atoms with Crippen molar-refractivity contribution in [3.8, 4) is 5.75 Å². The zero-order chi connectivity index (χ0) is 10.6. The second-order valence-corrected chi connectivity index (χ2v) is 3.72. The number of aliphatic hydroxyl groups excluding tert-OH is 1. The van der Waals surface area contributed by atoms with E-state index in [1.54, 1.807) is 24.3 Å². The molecule has 0 amide bonds. The lowest BCUT2D eigenvalue weighted by molar-refractivity contribution is -0.0661. The monoisotopic (exact) mass is 195 g/mol. The maximum absolute atomic E-state index is 9.46. The Morgan fingerprint density at radius 2 is 2.29 bits per heavy atom. The van der Waals surface area contributed by atoms with E-state index in [-0.39, 0.29) is 6.61 Å². The molecule has 0 fully saturated rings. The van der Waals surface area contributed by atoms with Crippen molar-refractivity contribution in [3.63, 3.8) is 0 Å². The molecule has 1 rings (SSSR count). The van der Waals surface area contributed by atoms with Gasteiger partial charge in [-0.3, -0.25) is 0 Å². The highest BCUT2D eigenvalue weighted by Crippen LogP contribution is 2.12. The average molecular weight is 195 g/mol. The van der Waals surface area contributed by atoms with Gasteiger partial charge in [-0.2, -0.15) is 0 Å². The highest BCUT2D eigenvalue weighted by atomic mass is 16.5. The molecular formula is C11H15O3. The lowest BCUT2D eigenvalue weighted by Crippen LogP contribution is -2.40. The summed E-state index contributed by atoms with van der Waals surface area (Å²) < 4.78 is 5.25. The minimum atomic E-state index is -1.14. The van der Waals surface area contributed by atoms with E-state index in [1.165, 1.54) is 13.8 Å². The molecule has 1 aromatic rings. The standard InChI is InChI=1S/C11H15O3/c1-11(2,13)10(12)8-14-9-6-4-3-5-7-9/h3-4,6-7,10,12-13H,8H2,1-2H3/t10-/m0/s1. The average Bonchev–Trinajstić information content (AvgIpc) is 2.14. The van der Waals surface area contributed by atoms with Gasteiger partial charge in [0, 0.05) is 0 Å². The Hall–Kier alpha value is -1.06. The topological polar surface area (TPSA) is 49.7 Å². The van der Waals surface area contributed by atoms with Gasteiger partial charge in [-0.25, -0.2) is 0 Å². The summed E-state index contributed by atoms with van der Waals surface area (Å²) in [6.45, 7) is 3.15. The second-order valence-electron chi connectivity index (χ2n) is 3.72. The third-order valence-corrected chi connectivity index (χ3v) is 1.90. The molecule has 0 heterocycles. The highest BCUT2D eigenvalue weighted by Gasteiger charge is 2.24. The summed E-state index contributed by atoms with van der Waals surface area (Å²) in [7, 11) is 0. The van der Waals surface area contributed by atoms with Crippen LogP contribution in [0.4, 0.5) is 0 Å². The van der Waals surface area contributed by atoms with Crippen LogP contribution in [0.15, 0.2) is 24.3 Å². The van der Waals surface area contributed by atoms with E-state index in [0.717, 1.165) is 0 Å². The molecule has 0 aliphatic carbocycles. The summed E-state index contributed by atoms with van der Waals surface area (Å²) in [6, 6.07) is 9.86. The fourth-order valence-corrected chi connectivity index (χ4v) is 0.846. The Labute approximate surface area is 84.0 Å². The van der Waals surface area contributed by atoms with E-state index in [2.05, 4.69) is 6.07 Å². The van der Waals surface area contributed by atoms with Crippen molar-refractivity contribution in [2.75, 3.05) is 6.61 Å². The lowest BCUT2D eigenvalue weighted by Gasteiger charge is -2.24. The van der Waals surface area contributed by atoms with Crippen LogP contribution in [0.3, 0.4) is 0 Å². The van der Waals surface area contributed by atoms with Crippen LogP contribution in [-0.2, 0) is 0 Å². The number of hydrogen-bond donors (Lipinski definition) is 2. The molecule has 0 aliphatic rings. The molecule has 0 spiro atoms. The van der Waals surface area contributed by atoms with E-state index in [4.69, 9.17) is 4.74 Å². The van der Waals surface area contributed by atoms with Gasteiger partial charge in [-0.05, 0) is 32.0 Å². The quantitative estimate of drug-likeness (QED) is 0.753. The fourth-order valence-electron chi connectivity index (χ4n) is 0.846. The van der Waals surface area contributed by atoms with Crippen molar-refractivity contribution in [1.82, 2.24) is 0 Å². The molecule has 0 saturated heterocycles. The number of aliphatic hydroxyl groups is 2. The largest absolute Gasteiger partial charge is 0.491 e. The van der Waals surface area contributed by atoms with Gasteiger partial charge in [-0.15, -0.1) is 0 Å². The summed E-state index contributed by atoms with van der Waals surface area (Å²) in [6.07, 6.45) is -0.900. The molecule has 2 N–H and O–H groups in total. The van der Waals surface area contributed by atoms with E-state index in [1.807, 2.05) is 0 Å². The second kappa shape index (κ2) is 4.44. The number of benzene rings is 1. The Balaban J connectivity index is 2.42. The summed E-state index contributed by atoms with van der Waals surface area (Å²) >= 11 is 0. The summed E-state index contributed by atoms with van der Waals surface area (Å²) in [4.78, 5) is 0. The van der Waals surface area contributed by atoms with Crippen LogP contribution in [0.5, 0.6) is 5.75 Å². The Kier molecular flexibility index (Phi) is 3.49. The molecule has 1 aromatic carbocycles. The minimum absolute atomic E-state index is 0.0708. The van der Waals surface area contributed by atoms with Gasteiger partial charge in [0.05, 0.1) is 5.60 Å². The van der Waals surface area contributed by atoms with Crippen LogP contribution in [0.1, 0.15) is 13.8 Å². The molecule has 3 heteroatoms. The van der Waals surface area contributed by atoms with Gasteiger partial charge in [0.15, 0.2) is 0 Å². The number of hydrogen-bond acceptors (Lipinski definition) is 3. The summed E-state index contributed by atoms with van der Waals surface area (Å²) in [5.74, 6) is 0.635. The maximum Gasteiger partial charge on any atom is 0.120 e. The molecule has 0 aromatic heterocycles. The van der Waals surface area contributed by atoms with E-state index < -0.39 is 11.7 Å². The van der Waals surface area contributed by atoms with Gasteiger partial charge in [-0.1, -0.05) is 12.1 Å². The van der Waals surface area contributed by atoms with Crippen LogP contribution in [0.2, 0.25) is 0 Å². The van der Waals surface area contributed by atoms with Gasteiger partial charge in [0.2, 0.25) is 0 Å². The molecule has 3 nitrogen and oxygen atoms in total. The zero-order valence-electron chi connectivity index (χ0n) is 8.40. The minimum Gasteiger partial charge on any atom is -0.491 e. The van der Waals surface area contributed by atoms with Crippen LogP contribution in [0.25, 0.3) is 0 Å². The Morgan fingerprint density at radius 1 is 1.57 bits per heavy atom. The van der Waals surface area contributed by atoms with Gasteiger partial charge in [0.1, 0.15) is 18.5 Å². The van der Waals surface area contributed by atoms with E-state index in [9.17, 15) is 10.2 Å². The van der Waals surface area contributed by atoms with Crippen molar-refractivity contribution in [2.24, 2.45) is 0 Å². The summed E-state index contributed by atoms with van der Waals surface area (Å²) in [5.41, 5.74) is -1.14. The molecule has 0 saturated carbocycles. The SMILES string of the molecule is CC(C)(O)[C@@H](O)COc1c[c]ccc1. The third-order valence-electron chi connectivity index (χ3n) is 1.90. The van der Waals surface area contributed by atoms with Crippen LogP contribution >= 0.6 is 0 Å². The van der Waals surface area contributed by atoms with Gasteiger partial charge >= 0.3 is 0 Å². The molecule has 0 bridgehead atoms. The van der Waals surface area contributed by atoms with Crippen molar-refractivity contribution in [1.29, 1.82) is 0 Å². The smallest absolute Gasteiger partial charge is 0.120 e. The van der Waals surface area contributed by atoms with E-state index in [0.29, 0.717) is 5.75 Å². The lowest BCUT2D eigenvalue weighted by atomic mass is 10.0. The molecule has 1 radical (unpaired) electrons. The van der Waals surface area contributed by atoms with Crippen molar-refractivity contribution in [2.45, 2.75) is 25.6 Å². The molecule has 0 aliphatic heterocycles. The Bertz CT molecular complexity index is 264. The molecular weight excluding hydrogens is 180 g/mol. The molecule has 1 atom stereocenters. The predicted molar refractivity (Wildman–Crippen MR) is 53.1 cm³/mol. The van der Waals surface area contributed by atoms with Gasteiger partial charge in [0.25, 0.3) is 0 Å². The van der Waals surface area contributed by atoms with E-state index >= 15 is 0 Å². The fraction of sp³-hybridized carbons (Fsp3) is 0.455. The number of ether oxygens (including phenoxy) is 1. The summed E-state index contributed by atoms with van der Waals surface area (Å²) in [5, 5.41) is 18.9. The first kappa shape index (κ1) is 11.0. The van der Waals surface area contributed by atoms with Crippen LogP contribution in [0, 0.1) is 6.07 Å². The first-order chi connectivity index (χ1) is 6.50. The first-order valence-electron chi connectivity index (χ1n) is 4.49. The van der Waals surface area contributed by atoms with Crippen LogP contribution in [-0.4, -0.2) is 28.5 Å². The van der Waals surface area contributed by atoms with Gasteiger partial charge < -0.3 is 14.9 Å². The highest BCUT2D eigenvalue weighted by molar-refractivity contribution is 5.20. The molecule has 14 heavy (non-hydrogen) atoms. The predicted octanol–water partition coefficient (Wildman–Crippen LogP) is 0.997. The number of rotatable bonds is 4. The van der Waals surface area contributed by atoms with Crippen molar-refractivity contribution < 1.29 is 14.9 Å². The van der Waals surface area contributed by atoms with Crippen molar-refractivity contribution in [3.05, 3.63) is 30.3 Å². The molecule has 77 valence electrons. The third kappa shape index (κ3) is 3.36. The normalized spacial score (nSPS) is 13.7. The molecule has 0 unspecified atom stereocenters. The van der Waals surface area contributed by atoms with Crippen LogP contribution < -0.4 is 4.74 Å².